The number of hydrogen-bond acceptors (Lipinski definition) is 5. The van der Waals surface area contributed by atoms with Gasteiger partial charge in [0.1, 0.15) is 24.0 Å². The van der Waals surface area contributed by atoms with Gasteiger partial charge in [-0.3, -0.25) is 4.90 Å². The minimum atomic E-state index is -0.868. The van der Waals surface area contributed by atoms with E-state index in [1.54, 1.807) is 32.9 Å². The zero-order valence-electron chi connectivity index (χ0n) is 18.2. The Morgan fingerprint density at radius 3 is 2.48 bits per heavy atom. The summed E-state index contributed by atoms with van der Waals surface area (Å²) in [6.07, 6.45) is -0.413. The number of ether oxygens (including phenoxy) is 3. The van der Waals surface area contributed by atoms with Crippen LogP contribution in [-0.4, -0.2) is 35.7 Å². The summed E-state index contributed by atoms with van der Waals surface area (Å²) >= 11 is 0. The summed E-state index contributed by atoms with van der Waals surface area (Å²) in [5.41, 5.74) is 2.17. The molecule has 1 aliphatic rings. The largest absolute Gasteiger partial charge is 0.500 e. The summed E-state index contributed by atoms with van der Waals surface area (Å²) in [4.78, 5) is 30.3. The van der Waals surface area contributed by atoms with Crippen molar-refractivity contribution in [3.05, 3.63) is 70.6 Å². The molecule has 0 radical (unpaired) electrons. The fourth-order valence-electron chi connectivity index (χ4n) is 3.46. The first-order valence-corrected chi connectivity index (χ1v) is 10.00. The number of rotatable bonds is 4. The van der Waals surface area contributed by atoms with E-state index in [9.17, 15) is 9.59 Å². The van der Waals surface area contributed by atoms with Gasteiger partial charge in [-0.1, -0.05) is 42.5 Å². The van der Waals surface area contributed by atoms with E-state index >= 15 is 0 Å². The van der Waals surface area contributed by atoms with E-state index in [4.69, 9.17) is 20.8 Å². The molecule has 0 saturated heterocycles. The van der Waals surface area contributed by atoms with E-state index in [2.05, 4.69) is 4.85 Å². The van der Waals surface area contributed by atoms with E-state index in [-0.39, 0.29) is 13.0 Å². The van der Waals surface area contributed by atoms with Gasteiger partial charge < -0.3 is 14.2 Å². The standard InChI is InChI=1S/C24H26N2O5/c1-24(2,3)31-23(28)26-14-17-11-12-19(25-4)21(18(17)13-20(26)22(27)29-5)30-15-16-9-7-6-8-10-16/h6-12,20H,13-15H2,1-3,5H3. The van der Waals surface area contributed by atoms with Gasteiger partial charge in [0.25, 0.3) is 0 Å². The number of hydrogen-bond donors (Lipinski definition) is 0. The van der Waals surface area contributed by atoms with Gasteiger partial charge in [0.05, 0.1) is 20.2 Å². The third kappa shape index (κ3) is 5.15. The Morgan fingerprint density at radius 2 is 1.87 bits per heavy atom. The molecule has 31 heavy (non-hydrogen) atoms. The molecule has 1 aliphatic heterocycles. The van der Waals surface area contributed by atoms with Crippen LogP contribution in [0.2, 0.25) is 0 Å². The Morgan fingerprint density at radius 1 is 1.16 bits per heavy atom. The first-order chi connectivity index (χ1) is 14.7. The normalized spacial score (nSPS) is 15.5. The predicted molar refractivity (Wildman–Crippen MR) is 115 cm³/mol. The molecule has 1 heterocycles. The van der Waals surface area contributed by atoms with Gasteiger partial charge in [-0.05, 0) is 37.5 Å². The number of esters is 1. The van der Waals surface area contributed by atoms with Gasteiger partial charge in [0.2, 0.25) is 5.69 Å². The van der Waals surface area contributed by atoms with Crippen molar-refractivity contribution in [2.24, 2.45) is 0 Å². The highest BCUT2D eigenvalue weighted by Gasteiger charge is 2.39. The number of carbonyl (C=O) groups is 2. The van der Waals surface area contributed by atoms with Crippen LogP contribution in [0.25, 0.3) is 4.85 Å². The zero-order chi connectivity index (χ0) is 22.6. The Kier molecular flexibility index (Phi) is 6.50. The van der Waals surface area contributed by atoms with Gasteiger partial charge in [-0.2, -0.15) is 0 Å². The van der Waals surface area contributed by atoms with Crippen LogP contribution in [0.15, 0.2) is 42.5 Å². The number of amides is 1. The Labute approximate surface area is 182 Å². The van der Waals surface area contributed by atoms with Gasteiger partial charge in [-0.25, -0.2) is 14.4 Å². The third-order valence-electron chi connectivity index (χ3n) is 4.90. The molecular formula is C24H26N2O5. The van der Waals surface area contributed by atoms with E-state index in [1.165, 1.54) is 12.0 Å². The molecular weight excluding hydrogens is 396 g/mol. The lowest BCUT2D eigenvalue weighted by Gasteiger charge is -2.37. The molecule has 7 nitrogen and oxygen atoms in total. The van der Waals surface area contributed by atoms with Crippen LogP contribution >= 0.6 is 0 Å². The quantitative estimate of drug-likeness (QED) is 0.530. The van der Waals surface area contributed by atoms with Crippen molar-refractivity contribution in [3.8, 4) is 5.75 Å². The predicted octanol–water partition coefficient (Wildman–Crippen LogP) is 4.65. The summed E-state index contributed by atoms with van der Waals surface area (Å²) in [5, 5.41) is 0. The van der Waals surface area contributed by atoms with E-state index in [1.807, 2.05) is 30.3 Å². The zero-order valence-corrected chi connectivity index (χ0v) is 18.2. The molecule has 0 fully saturated rings. The van der Waals surface area contributed by atoms with Crippen LogP contribution in [0.4, 0.5) is 10.5 Å². The Hall–Kier alpha value is -3.53. The van der Waals surface area contributed by atoms with E-state index < -0.39 is 23.7 Å². The summed E-state index contributed by atoms with van der Waals surface area (Å²) in [7, 11) is 1.29. The molecule has 1 unspecified atom stereocenters. The van der Waals surface area contributed by atoms with Crippen molar-refractivity contribution in [2.45, 2.75) is 52.0 Å². The van der Waals surface area contributed by atoms with E-state index in [0.717, 1.165) is 16.7 Å². The summed E-state index contributed by atoms with van der Waals surface area (Å²) in [5.74, 6) is -0.104. The molecule has 1 amide bonds. The molecule has 2 aromatic rings. The first-order valence-electron chi connectivity index (χ1n) is 10.00. The summed E-state index contributed by atoms with van der Waals surface area (Å²) < 4.78 is 16.5. The molecule has 7 heteroatoms. The molecule has 0 spiro atoms. The molecule has 162 valence electrons. The summed E-state index contributed by atoms with van der Waals surface area (Å²) in [6, 6.07) is 12.2. The van der Waals surface area contributed by atoms with Crippen molar-refractivity contribution in [1.82, 2.24) is 4.90 Å². The van der Waals surface area contributed by atoms with E-state index in [0.29, 0.717) is 18.0 Å². The smallest absolute Gasteiger partial charge is 0.411 e. The van der Waals surface area contributed by atoms with Crippen molar-refractivity contribution >= 4 is 17.7 Å². The van der Waals surface area contributed by atoms with Crippen molar-refractivity contribution in [1.29, 1.82) is 0 Å². The maximum atomic E-state index is 12.8. The lowest BCUT2D eigenvalue weighted by molar-refractivity contribution is -0.147. The molecule has 2 aromatic carbocycles. The van der Waals surface area contributed by atoms with Crippen LogP contribution < -0.4 is 4.74 Å². The SMILES string of the molecule is [C-]#[N+]c1ccc2c(c1OCc1ccccc1)CC(C(=O)OC)N(C(=O)OC(C)(C)C)C2. The lowest BCUT2D eigenvalue weighted by atomic mass is 9.92. The highest BCUT2D eigenvalue weighted by atomic mass is 16.6. The molecule has 0 saturated carbocycles. The topological polar surface area (TPSA) is 69.4 Å². The third-order valence-corrected chi connectivity index (χ3v) is 4.90. The fraction of sp³-hybridized carbons (Fsp3) is 0.375. The van der Waals surface area contributed by atoms with Crippen LogP contribution in [0, 0.1) is 6.57 Å². The molecule has 0 bridgehead atoms. The van der Waals surface area contributed by atoms with Crippen LogP contribution in [0.1, 0.15) is 37.5 Å². The maximum absolute atomic E-state index is 12.8. The number of fused-ring (bicyclic) bond motifs is 1. The van der Waals surface area contributed by atoms with Gasteiger partial charge in [0.15, 0.2) is 0 Å². The molecule has 3 rings (SSSR count). The van der Waals surface area contributed by atoms with Crippen molar-refractivity contribution < 1.29 is 23.8 Å². The average Bonchev–Trinajstić information content (AvgIpc) is 2.75. The number of methoxy groups -OCH3 is 1. The number of nitrogens with zero attached hydrogens (tertiary/aromatic N) is 2. The minimum absolute atomic E-state index is 0.157. The summed E-state index contributed by atoms with van der Waals surface area (Å²) in [6.45, 7) is 13.3. The fourth-order valence-corrected chi connectivity index (χ4v) is 3.46. The molecule has 0 aliphatic carbocycles. The van der Waals surface area contributed by atoms with Gasteiger partial charge in [0, 0.05) is 6.42 Å². The second kappa shape index (κ2) is 9.09. The molecule has 0 N–H and O–H groups in total. The number of carbonyl (C=O) groups excluding carboxylic acids is 2. The van der Waals surface area contributed by atoms with Crippen molar-refractivity contribution in [3.63, 3.8) is 0 Å². The Balaban J connectivity index is 1.96. The monoisotopic (exact) mass is 422 g/mol. The van der Waals surface area contributed by atoms with Gasteiger partial charge >= 0.3 is 12.1 Å². The van der Waals surface area contributed by atoms with Crippen LogP contribution in [-0.2, 0) is 33.8 Å². The van der Waals surface area contributed by atoms with Gasteiger partial charge in [-0.15, -0.1) is 0 Å². The molecule has 1 atom stereocenters. The highest BCUT2D eigenvalue weighted by molar-refractivity contribution is 5.83. The second-order valence-corrected chi connectivity index (χ2v) is 8.29. The highest BCUT2D eigenvalue weighted by Crippen LogP contribution is 2.39. The van der Waals surface area contributed by atoms with Crippen LogP contribution in [0.5, 0.6) is 5.75 Å². The first kappa shape index (κ1) is 22.2. The van der Waals surface area contributed by atoms with Crippen molar-refractivity contribution in [2.75, 3.05) is 7.11 Å². The lowest BCUT2D eigenvalue weighted by Crippen LogP contribution is -2.50. The van der Waals surface area contributed by atoms with Crippen LogP contribution in [0.3, 0.4) is 0 Å². The maximum Gasteiger partial charge on any atom is 0.411 e. The number of benzene rings is 2. The molecule has 0 aromatic heterocycles. The minimum Gasteiger partial charge on any atom is -0.500 e. The Bertz CT molecular complexity index is 1010. The average molecular weight is 422 g/mol. The second-order valence-electron chi connectivity index (χ2n) is 8.29.